The second-order valence-electron chi connectivity index (χ2n) is 5.58. The van der Waals surface area contributed by atoms with Crippen LogP contribution in [-0.4, -0.2) is 20.4 Å². The number of imidazole rings is 1. The molecule has 150 valence electrons. The van der Waals surface area contributed by atoms with E-state index in [2.05, 4.69) is 9.72 Å². The Morgan fingerprint density at radius 3 is 2.10 bits per heavy atom. The van der Waals surface area contributed by atoms with Crippen LogP contribution in [0.2, 0.25) is 0 Å². The number of aromatic nitrogens is 2. The first-order valence-electron chi connectivity index (χ1n) is 7.69. The SMILES string of the molecule is O=C(Oc1c(F)c(F)c(F)c(F)c1F)c1ncn(Cc2ccccc2)c1[N+](=O)[O-]. The summed E-state index contributed by atoms with van der Waals surface area (Å²) in [4.78, 5) is 26.0. The predicted octanol–water partition coefficient (Wildman–Crippen LogP) is 3.75. The Morgan fingerprint density at radius 1 is 1.00 bits per heavy atom. The molecule has 0 aliphatic carbocycles. The van der Waals surface area contributed by atoms with Gasteiger partial charge in [-0.1, -0.05) is 30.3 Å². The quantitative estimate of drug-likeness (QED) is 0.121. The maximum absolute atomic E-state index is 13.7. The summed E-state index contributed by atoms with van der Waals surface area (Å²) < 4.78 is 72.0. The monoisotopic (exact) mass is 413 g/mol. The highest BCUT2D eigenvalue weighted by Gasteiger charge is 2.33. The average molecular weight is 413 g/mol. The van der Waals surface area contributed by atoms with E-state index in [1.54, 1.807) is 30.3 Å². The second kappa shape index (κ2) is 7.66. The number of halogens is 5. The topological polar surface area (TPSA) is 87.3 Å². The minimum Gasteiger partial charge on any atom is -0.415 e. The largest absolute Gasteiger partial charge is 0.415 e. The summed E-state index contributed by atoms with van der Waals surface area (Å²) >= 11 is 0. The number of carbonyl (C=O) groups excluding carboxylic acids is 1. The van der Waals surface area contributed by atoms with Crippen LogP contribution in [0.3, 0.4) is 0 Å². The zero-order valence-corrected chi connectivity index (χ0v) is 14.0. The van der Waals surface area contributed by atoms with Crippen molar-refractivity contribution in [3.05, 3.63) is 87.1 Å². The van der Waals surface area contributed by atoms with Crippen molar-refractivity contribution in [3.8, 4) is 5.75 Å². The van der Waals surface area contributed by atoms with Gasteiger partial charge in [0.1, 0.15) is 6.54 Å². The Bertz CT molecular complexity index is 1090. The number of nitro groups is 1. The number of hydrogen-bond acceptors (Lipinski definition) is 5. The fourth-order valence-electron chi connectivity index (χ4n) is 2.42. The van der Waals surface area contributed by atoms with E-state index >= 15 is 0 Å². The summed E-state index contributed by atoms with van der Waals surface area (Å²) in [5.74, 6) is -16.5. The average Bonchev–Trinajstić information content (AvgIpc) is 3.12. The Kier molecular flexibility index (Phi) is 5.26. The van der Waals surface area contributed by atoms with Gasteiger partial charge in [0.25, 0.3) is 0 Å². The molecule has 0 saturated carbocycles. The first-order valence-corrected chi connectivity index (χ1v) is 7.69. The molecule has 0 fully saturated rings. The van der Waals surface area contributed by atoms with Crippen molar-refractivity contribution in [2.24, 2.45) is 0 Å². The molecule has 0 atom stereocenters. The molecule has 1 aromatic heterocycles. The molecule has 0 amide bonds. The van der Waals surface area contributed by atoms with Crippen molar-refractivity contribution >= 4 is 11.8 Å². The van der Waals surface area contributed by atoms with Crippen molar-refractivity contribution in [1.29, 1.82) is 0 Å². The smallest absolute Gasteiger partial charge is 0.371 e. The van der Waals surface area contributed by atoms with Gasteiger partial charge in [0.15, 0.2) is 6.33 Å². The van der Waals surface area contributed by atoms with Gasteiger partial charge in [-0.3, -0.25) is 0 Å². The summed E-state index contributed by atoms with van der Waals surface area (Å²) in [6, 6.07) is 8.30. The molecule has 1 heterocycles. The summed E-state index contributed by atoms with van der Waals surface area (Å²) in [6.07, 6.45) is 0.903. The first kappa shape index (κ1) is 19.9. The molecule has 29 heavy (non-hydrogen) atoms. The van der Waals surface area contributed by atoms with Crippen LogP contribution in [0.4, 0.5) is 27.8 Å². The zero-order valence-electron chi connectivity index (χ0n) is 14.0. The molecular weight excluding hydrogens is 405 g/mol. The van der Waals surface area contributed by atoms with E-state index in [0.29, 0.717) is 5.56 Å². The summed E-state index contributed by atoms with van der Waals surface area (Å²) in [5, 5.41) is 11.4. The number of ether oxygens (including phenoxy) is 1. The van der Waals surface area contributed by atoms with Crippen LogP contribution >= 0.6 is 0 Å². The van der Waals surface area contributed by atoms with Crippen LogP contribution in [0.25, 0.3) is 0 Å². The fraction of sp³-hybridized carbons (Fsp3) is 0.0588. The number of rotatable bonds is 5. The molecule has 0 spiro atoms. The van der Waals surface area contributed by atoms with Crippen LogP contribution in [0.15, 0.2) is 36.7 Å². The molecule has 0 radical (unpaired) electrons. The van der Waals surface area contributed by atoms with E-state index < -0.39 is 57.2 Å². The molecule has 0 N–H and O–H groups in total. The number of hydrogen-bond donors (Lipinski definition) is 0. The van der Waals surface area contributed by atoms with Gasteiger partial charge in [0, 0.05) is 0 Å². The van der Waals surface area contributed by atoms with Gasteiger partial charge >= 0.3 is 11.8 Å². The van der Waals surface area contributed by atoms with Crippen LogP contribution in [-0.2, 0) is 6.54 Å². The molecule has 12 heteroatoms. The van der Waals surface area contributed by atoms with Crippen LogP contribution in [0, 0.1) is 39.2 Å². The summed E-state index contributed by atoms with van der Waals surface area (Å²) in [6.45, 7) is -0.0834. The molecule has 0 saturated heterocycles. The van der Waals surface area contributed by atoms with Crippen molar-refractivity contribution in [2.75, 3.05) is 0 Å². The van der Waals surface area contributed by atoms with Gasteiger partial charge in [-0.2, -0.15) is 8.78 Å². The van der Waals surface area contributed by atoms with E-state index in [9.17, 15) is 36.9 Å². The fourth-order valence-corrected chi connectivity index (χ4v) is 2.42. The number of esters is 1. The Hall–Kier alpha value is -3.83. The highest BCUT2D eigenvalue weighted by atomic mass is 19.2. The van der Waals surface area contributed by atoms with E-state index in [0.717, 1.165) is 10.9 Å². The van der Waals surface area contributed by atoms with Crippen molar-refractivity contribution in [3.63, 3.8) is 0 Å². The molecule has 7 nitrogen and oxygen atoms in total. The molecule has 0 unspecified atom stereocenters. The third kappa shape index (κ3) is 3.63. The standard InChI is InChI=1S/C17H8F5N3O4/c18-9-10(19)12(21)15(13(22)11(9)20)29-17(26)14-16(25(27)28)24(7-23-14)6-8-4-2-1-3-5-8/h1-5,7H,6H2. The van der Waals surface area contributed by atoms with Crippen LogP contribution in [0.1, 0.15) is 16.1 Å². The van der Waals surface area contributed by atoms with Crippen LogP contribution in [0.5, 0.6) is 5.75 Å². The van der Waals surface area contributed by atoms with E-state index in [4.69, 9.17) is 0 Å². The zero-order chi connectivity index (χ0) is 21.3. The third-order valence-corrected chi connectivity index (χ3v) is 3.74. The lowest BCUT2D eigenvalue weighted by Gasteiger charge is -2.08. The second-order valence-corrected chi connectivity index (χ2v) is 5.58. The lowest BCUT2D eigenvalue weighted by Crippen LogP contribution is -2.16. The minimum absolute atomic E-state index is 0.0834. The van der Waals surface area contributed by atoms with Crippen LogP contribution < -0.4 is 4.74 Å². The van der Waals surface area contributed by atoms with Gasteiger partial charge in [-0.25, -0.2) is 27.5 Å². The summed E-state index contributed by atoms with van der Waals surface area (Å²) in [5.41, 5.74) is -0.373. The van der Waals surface area contributed by atoms with E-state index in [-0.39, 0.29) is 6.54 Å². The molecule has 3 aromatic rings. The van der Waals surface area contributed by atoms with E-state index in [1.165, 1.54) is 0 Å². The summed E-state index contributed by atoms with van der Waals surface area (Å²) in [7, 11) is 0. The number of benzene rings is 2. The Morgan fingerprint density at radius 2 is 1.55 bits per heavy atom. The molecular formula is C17H8F5N3O4. The van der Waals surface area contributed by atoms with Crippen molar-refractivity contribution < 1.29 is 36.4 Å². The van der Waals surface area contributed by atoms with Crippen molar-refractivity contribution in [2.45, 2.75) is 6.54 Å². The normalized spacial score (nSPS) is 10.8. The van der Waals surface area contributed by atoms with Gasteiger partial charge in [-0.05, 0) is 10.5 Å². The van der Waals surface area contributed by atoms with Gasteiger partial charge in [0.05, 0.1) is 0 Å². The number of carbonyl (C=O) groups is 1. The predicted molar refractivity (Wildman–Crippen MR) is 85.6 cm³/mol. The van der Waals surface area contributed by atoms with E-state index in [1.807, 2.05) is 0 Å². The van der Waals surface area contributed by atoms with Crippen molar-refractivity contribution in [1.82, 2.24) is 9.55 Å². The highest BCUT2D eigenvalue weighted by Crippen LogP contribution is 2.30. The Labute approximate surface area is 158 Å². The molecule has 3 rings (SSSR count). The Balaban J connectivity index is 1.98. The maximum Gasteiger partial charge on any atom is 0.371 e. The molecule has 0 aliphatic rings. The van der Waals surface area contributed by atoms with Gasteiger partial charge < -0.3 is 14.9 Å². The third-order valence-electron chi connectivity index (χ3n) is 3.74. The molecule has 2 aromatic carbocycles. The first-order chi connectivity index (χ1) is 13.7. The maximum atomic E-state index is 13.7. The minimum atomic E-state index is -2.45. The van der Waals surface area contributed by atoms with Gasteiger partial charge in [-0.15, -0.1) is 0 Å². The van der Waals surface area contributed by atoms with Gasteiger partial charge in [0.2, 0.25) is 40.5 Å². The molecule has 0 aliphatic heterocycles. The number of nitrogens with zero attached hydrogens (tertiary/aromatic N) is 3. The molecule has 0 bridgehead atoms. The lowest BCUT2D eigenvalue weighted by molar-refractivity contribution is -0.392. The highest BCUT2D eigenvalue weighted by molar-refractivity contribution is 5.92. The lowest BCUT2D eigenvalue weighted by atomic mass is 10.2.